The minimum Gasteiger partial charge on any atom is -0.394 e. The summed E-state index contributed by atoms with van der Waals surface area (Å²) in [6.07, 6.45) is 9.12. The van der Waals surface area contributed by atoms with Crippen molar-refractivity contribution in [2.75, 3.05) is 20.2 Å². The van der Waals surface area contributed by atoms with E-state index in [4.69, 9.17) is 4.84 Å². The number of oxime groups is 1. The second-order valence-corrected chi connectivity index (χ2v) is 10.4. The molecule has 0 amide bonds. The monoisotopic (exact) mass is 374 g/mol. The van der Waals surface area contributed by atoms with Crippen LogP contribution in [-0.4, -0.2) is 31.7 Å². The molecule has 0 aliphatic heterocycles. The van der Waals surface area contributed by atoms with Gasteiger partial charge in [0.1, 0.15) is 12.4 Å². The Morgan fingerprint density at radius 2 is 1.96 bits per heavy atom. The van der Waals surface area contributed by atoms with Crippen molar-refractivity contribution in [1.82, 2.24) is 5.32 Å². The standard InChI is InChI=1S/C23H38N2O2/c1-15-13-17-18-5-6-21(26)23(18,3)10-8-19(17)22(2)9-7-16(14-20(15)22)25-27-12-11-24-4/h15,17-20,24H,5-14H2,1-4H3/b25-16-/t15-,17-,18-,19-,20?,22+,23-/m0/s1. The van der Waals surface area contributed by atoms with E-state index in [0.717, 1.165) is 62.3 Å². The van der Waals surface area contributed by atoms with Crippen LogP contribution in [0.25, 0.3) is 0 Å². The smallest absolute Gasteiger partial charge is 0.139 e. The van der Waals surface area contributed by atoms with E-state index >= 15 is 0 Å². The van der Waals surface area contributed by atoms with Crippen molar-refractivity contribution in [2.24, 2.45) is 45.6 Å². The van der Waals surface area contributed by atoms with E-state index in [1.807, 2.05) is 7.05 Å². The molecular formula is C23H38N2O2. The number of likely N-dealkylation sites (N-methyl/N-ethyl adjacent to an activating group) is 1. The molecule has 0 aromatic heterocycles. The fraction of sp³-hybridized carbons (Fsp3) is 0.913. The third kappa shape index (κ3) is 3.07. The van der Waals surface area contributed by atoms with Gasteiger partial charge in [0.05, 0.1) is 5.71 Å². The predicted molar refractivity (Wildman–Crippen MR) is 109 cm³/mol. The summed E-state index contributed by atoms with van der Waals surface area (Å²) < 4.78 is 0. The van der Waals surface area contributed by atoms with Crippen molar-refractivity contribution in [3.05, 3.63) is 0 Å². The van der Waals surface area contributed by atoms with Crippen molar-refractivity contribution < 1.29 is 9.63 Å². The van der Waals surface area contributed by atoms with E-state index < -0.39 is 0 Å². The van der Waals surface area contributed by atoms with Gasteiger partial charge in [0.15, 0.2) is 0 Å². The number of carbonyl (C=O) groups is 1. The highest BCUT2D eigenvalue weighted by atomic mass is 16.6. The molecule has 4 heteroatoms. The number of nitrogens with zero attached hydrogens (tertiary/aromatic N) is 1. The van der Waals surface area contributed by atoms with Gasteiger partial charge in [-0.2, -0.15) is 0 Å². The van der Waals surface area contributed by atoms with Crippen LogP contribution in [-0.2, 0) is 9.63 Å². The summed E-state index contributed by atoms with van der Waals surface area (Å²) >= 11 is 0. The van der Waals surface area contributed by atoms with Crippen molar-refractivity contribution in [2.45, 2.75) is 72.1 Å². The molecule has 27 heavy (non-hydrogen) atoms. The molecule has 0 aromatic carbocycles. The number of hydrogen-bond acceptors (Lipinski definition) is 4. The van der Waals surface area contributed by atoms with E-state index in [0.29, 0.717) is 23.7 Å². The molecular weight excluding hydrogens is 336 g/mol. The first kappa shape index (κ1) is 19.4. The normalized spacial score (nSPS) is 48.1. The topological polar surface area (TPSA) is 50.7 Å². The Hall–Kier alpha value is -0.900. The van der Waals surface area contributed by atoms with Gasteiger partial charge in [0, 0.05) is 18.4 Å². The SMILES string of the molecule is CNCCO/N=C1/CC[C@@]2(C)C(C1)[C@@H](C)C[C@@H]1[C@@H]2CC[C@]2(C)C(=O)CC[C@@H]12. The van der Waals surface area contributed by atoms with Gasteiger partial charge >= 0.3 is 0 Å². The molecule has 0 radical (unpaired) electrons. The highest BCUT2D eigenvalue weighted by molar-refractivity contribution is 5.87. The van der Waals surface area contributed by atoms with Gasteiger partial charge < -0.3 is 10.2 Å². The minimum absolute atomic E-state index is 0.00742. The first-order valence-corrected chi connectivity index (χ1v) is 11.3. The van der Waals surface area contributed by atoms with Gasteiger partial charge in [-0.1, -0.05) is 25.9 Å². The quantitative estimate of drug-likeness (QED) is 0.585. The molecule has 4 nitrogen and oxygen atoms in total. The molecule has 152 valence electrons. The fourth-order valence-corrected chi connectivity index (χ4v) is 7.67. The zero-order valence-corrected chi connectivity index (χ0v) is 17.7. The number of Topliss-reactive ketones (excluding diaryl/α,β-unsaturated/α-hetero) is 1. The fourth-order valence-electron chi connectivity index (χ4n) is 7.67. The number of nitrogens with one attached hydrogen (secondary N) is 1. The van der Waals surface area contributed by atoms with Crippen molar-refractivity contribution in [1.29, 1.82) is 0 Å². The Kier molecular flexibility index (Phi) is 5.15. The summed E-state index contributed by atoms with van der Waals surface area (Å²) in [5, 5.41) is 7.59. The molecule has 4 aliphatic rings. The second kappa shape index (κ2) is 7.17. The Labute approximate surface area is 164 Å². The summed E-state index contributed by atoms with van der Waals surface area (Å²) in [6.45, 7) is 8.82. The summed E-state index contributed by atoms with van der Waals surface area (Å²) in [7, 11) is 1.94. The Morgan fingerprint density at radius 3 is 2.74 bits per heavy atom. The Balaban J connectivity index is 1.51. The van der Waals surface area contributed by atoms with Gasteiger partial charge in [0.2, 0.25) is 0 Å². The second-order valence-electron chi connectivity index (χ2n) is 10.4. The molecule has 4 fully saturated rings. The summed E-state index contributed by atoms with van der Waals surface area (Å²) in [5.74, 6) is 4.20. The van der Waals surface area contributed by atoms with Crippen LogP contribution in [0.15, 0.2) is 5.16 Å². The largest absolute Gasteiger partial charge is 0.394 e. The maximum atomic E-state index is 12.6. The van der Waals surface area contributed by atoms with Gasteiger partial charge in [-0.3, -0.25) is 4.79 Å². The van der Waals surface area contributed by atoms with Gasteiger partial charge in [-0.25, -0.2) is 0 Å². The zero-order chi connectivity index (χ0) is 19.2. The molecule has 1 N–H and O–H groups in total. The predicted octanol–water partition coefficient (Wildman–Crippen LogP) is 4.44. The molecule has 4 rings (SSSR count). The number of ketones is 1. The molecule has 0 aromatic rings. The summed E-state index contributed by atoms with van der Waals surface area (Å²) in [5.41, 5.74) is 1.68. The van der Waals surface area contributed by atoms with E-state index in [-0.39, 0.29) is 5.41 Å². The summed E-state index contributed by atoms with van der Waals surface area (Å²) in [6, 6.07) is 0. The zero-order valence-electron chi connectivity index (χ0n) is 17.7. The average molecular weight is 375 g/mol. The highest BCUT2D eigenvalue weighted by Gasteiger charge is 2.61. The van der Waals surface area contributed by atoms with Crippen LogP contribution in [0.1, 0.15) is 72.1 Å². The van der Waals surface area contributed by atoms with E-state index in [1.165, 1.54) is 25.0 Å². The molecule has 0 bridgehead atoms. The lowest BCUT2D eigenvalue weighted by Crippen LogP contribution is -2.56. The molecule has 0 spiro atoms. The maximum absolute atomic E-state index is 12.6. The Bertz CT molecular complexity index is 617. The van der Waals surface area contributed by atoms with E-state index in [9.17, 15) is 4.79 Å². The van der Waals surface area contributed by atoms with Crippen molar-refractivity contribution in [3.63, 3.8) is 0 Å². The molecule has 4 saturated carbocycles. The van der Waals surface area contributed by atoms with Crippen LogP contribution in [0.3, 0.4) is 0 Å². The first-order valence-electron chi connectivity index (χ1n) is 11.3. The Morgan fingerprint density at radius 1 is 1.15 bits per heavy atom. The highest BCUT2D eigenvalue weighted by Crippen LogP contribution is 2.66. The van der Waals surface area contributed by atoms with Crippen LogP contribution in [0, 0.1) is 40.4 Å². The maximum Gasteiger partial charge on any atom is 0.139 e. The van der Waals surface area contributed by atoms with Crippen LogP contribution in [0.2, 0.25) is 0 Å². The lowest BCUT2D eigenvalue weighted by molar-refractivity contribution is -0.141. The van der Waals surface area contributed by atoms with E-state index in [1.54, 1.807) is 0 Å². The third-order valence-electron chi connectivity index (χ3n) is 9.22. The molecule has 7 atom stereocenters. The average Bonchev–Trinajstić information content (AvgIpc) is 2.95. The van der Waals surface area contributed by atoms with Gasteiger partial charge in [0.25, 0.3) is 0 Å². The lowest BCUT2D eigenvalue weighted by Gasteiger charge is -2.61. The van der Waals surface area contributed by atoms with Crippen LogP contribution in [0.4, 0.5) is 0 Å². The van der Waals surface area contributed by atoms with Crippen LogP contribution >= 0.6 is 0 Å². The first-order chi connectivity index (χ1) is 12.9. The molecule has 0 saturated heterocycles. The molecule has 1 unspecified atom stereocenters. The number of fused-ring (bicyclic) bond motifs is 5. The lowest BCUT2D eigenvalue weighted by atomic mass is 9.43. The number of carbonyl (C=O) groups excluding carboxylic acids is 1. The van der Waals surface area contributed by atoms with Gasteiger partial charge in [-0.15, -0.1) is 0 Å². The summed E-state index contributed by atoms with van der Waals surface area (Å²) in [4.78, 5) is 18.1. The molecule has 4 aliphatic carbocycles. The minimum atomic E-state index is -0.00742. The molecule has 0 heterocycles. The van der Waals surface area contributed by atoms with Crippen LogP contribution < -0.4 is 5.32 Å². The third-order valence-corrected chi connectivity index (χ3v) is 9.22. The van der Waals surface area contributed by atoms with E-state index in [2.05, 4.69) is 31.2 Å². The number of rotatable bonds is 4. The number of hydrogen-bond donors (Lipinski definition) is 1. The van der Waals surface area contributed by atoms with Crippen LogP contribution in [0.5, 0.6) is 0 Å². The van der Waals surface area contributed by atoms with Crippen molar-refractivity contribution in [3.8, 4) is 0 Å². The van der Waals surface area contributed by atoms with Gasteiger partial charge in [-0.05, 0) is 87.0 Å². The van der Waals surface area contributed by atoms with Crippen molar-refractivity contribution >= 4 is 11.5 Å².